The summed E-state index contributed by atoms with van der Waals surface area (Å²) in [6, 6.07) is 23.1. The number of benzene rings is 3. The first kappa shape index (κ1) is 25.8. The van der Waals surface area contributed by atoms with E-state index < -0.39 is 6.09 Å². The third-order valence-corrected chi connectivity index (χ3v) is 6.91. The Hall–Kier alpha value is -2.82. The summed E-state index contributed by atoms with van der Waals surface area (Å²) in [4.78, 5) is 13.1. The Morgan fingerprint density at radius 2 is 1.85 bits per heavy atom. The zero-order valence-corrected chi connectivity index (χ0v) is 21.5. The van der Waals surface area contributed by atoms with Gasteiger partial charge in [-0.25, -0.2) is 4.79 Å². The molecule has 4 rings (SSSR count). The molecule has 0 aliphatic heterocycles. The summed E-state index contributed by atoms with van der Waals surface area (Å²) in [6.07, 6.45) is 3.30. The van der Waals surface area contributed by atoms with E-state index in [9.17, 15) is 4.79 Å². The fourth-order valence-corrected chi connectivity index (χ4v) is 4.40. The maximum Gasteiger partial charge on any atom is 0.412 e. The van der Waals surface area contributed by atoms with Crippen molar-refractivity contribution < 1.29 is 9.53 Å². The Morgan fingerprint density at radius 3 is 2.56 bits per heavy atom. The van der Waals surface area contributed by atoms with Crippen molar-refractivity contribution in [3.8, 4) is 5.75 Å². The Bertz CT molecular complexity index is 1110. The fraction of sp³-hybridized carbons (Fsp3) is 0.345. The van der Waals surface area contributed by atoms with Gasteiger partial charge < -0.3 is 15.0 Å². The first-order valence-corrected chi connectivity index (χ1v) is 12.2. The number of hydrogen-bond donors (Lipinski definition) is 1. The van der Waals surface area contributed by atoms with Gasteiger partial charge in [-0.1, -0.05) is 60.1 Å². The summed E-state index contributed by atoms with van der Waals surface area (Å²) in [5.41, 5.74) is 6.72. The molecular formula is C29H35ClN2O2. The monoisotopic (exact) mass is 478 g/mol. The topological polar surface area (TPSA) is 41.6 Å². The van der Waals surface area contributed by atoms with Crippen molar-refractivity contribution in [2.75, 3.05) is 21.1 Å². The molecule has 0 saturated heterocycles. The predicted octanol–water partition coefficient (Wildman–Crippen LogP) is 7.14. The molecule has 0 aromatic heterocycles. The predicted molar refractivity (Wildman–Crippen MR) is 141 cm³/mol. The highest BCUT2D eigenvalue weighted by molar-refractivity contribution is 6.31. The number of aryl methyl sites for hydroxylation is 2. The zero-order valence-electron chi connectivity index (χ0n) is 20.8. The van der Waals surface area contributed by atoms with Crippen molar-refractivity contribution in [1.82, 2.24) is 10.2 Å². The van der Waals surface area contributed by atoms with Crippen molar-refractivity contribution in [3.05, 3.63) is 99.6 Å². The number of halogens is 1. The molecule has 4 nitrogen and oxygen atoms in total. The summed E-state index contributed by atoms with van der Waals surface area (Å²) in [5, 5.41) is 3.28. The molecule has 1 N–H and O–H groups in total. The molecular weight excluding hydrogens is 444 g/mol. The number of nitrogens with one attached hydrogen (secondary N) is 1. The number of fused-ring (bicyclic) bond motifs is 1. The number of carbonyl (C=O) groups is 1. The molecule has 2 atom stereocenters. The van der Waals surface area contributed by atoms with Crippen LogP contribution in [0.2, 0.25) is 5.02 Å². The average Bonchev–Trinajstić information content (AvgIpc) is 2.85. The first-order valence-electron chi connectivity index (χ1n) is 11.8. The van der Waals surface area contributed by atoms with Crippen molar-refractivity contribution in [2.45, 2.75) is 45.1 Å². The largest absolute Gasteiger partial charge is 0.412 e. The molecule has 34 heavy (non-hydrogen) atoms. The minimum absolute atomic E-state index is 0.285. The molecule has 1 unspecified atom stereocenters. The maximum absolute atomic E-state index is 11.1. The highest BCUT2D eigenvalue weighted by Gasteiger charge is 2.21. The summed E-state index contributed by atoms with van der Waals surface area (Å²) < 4.78 is 5.07. The molecule has 1 aliphatic carbocycles. The summed E-state index contributed by atoms with van der Waals surface area (Å²) >= 11 is 6.12. The van der Waals surface area contributed by atoms with Crippen molar-refractivity contribution in [1.29, 1.82) is 0 Å². The van der Waals surface area contributed by atoms with Gasteiger partial charge in [-0.3, -0.25) is 0 Å². The van der Waals surface area contributed by atoms with Gasteiger partial charge in [-0.05, 0) is 93.2 Å². The SMILES string of the molecule is CNC(=O)Oc1cccc(C(C)N(C)C)c1.Cc1cc([C@@H]2CCCc3ccccc32)ccc1Cl. The first-order chi connectivity index (χ1) is 16.3. The lowest BCUT2D eigenvalue weighted by molar-refractivity contribution is 0.203. The van der Waals surface area contributed by atoms with Gasteiger partial charge in [0, 0.05) is 24.0 Å². The molecule has 1 aliphatic rings. The maximum atomic E-state index is 11.1. The molecule has 0 saturated carbocycles. The number of carbonyl (C=O) groups excluding carboxylic acids is 1. The Kier molecular flexibility index (Phi) is 9.14. The van der Waals surface area contributed by atoms with Crippen LogP contribution >= 0.6 is 11.6 Å². The number of ether oxygens (including phenoxy) is 1. The quantitative estimate of drug-likeness (QED) is 0.433. The molecule has 0 spiro atoms. The van der Waals surface area contributed by atoms with Gasteiger partial charge in [-0.2, -0.15) is 0 Å². The molecule has 180 valence electrons. The van der Waals surface area contributed by atoms with Crippen LogP contribution in [0.1, 0.15) is 59.5 Å². The highest BCUT2D eigenvalue weighted by Crippen LogP contribution is 2.37. The van der Waals surface area contributed by atoms with Crippen LogP contribution in [0.5, 0.6) is 5.75 Å². The molecule has 0 fully saturated rings. The smallest absolute Gasteiger partial charge is 0.410 e. The van der Waals surface area contributed by atoms with Crippen molar-refractivity contribution in [2.24, 2.45) is 0 Å². The van der Waals surface area contributed by atoms with Gasteiger partial charge in [0.25, 0.3) is 0 Å². The minimum atomic E-state index is -0.449. The van der Waals surface area contributed by atoms with E-state index in [0.29, 0.717) is 11.7 Å². The van der Waals surface area contributed by atoms with Gasteiger partial charge in [0.15, 0.2) is 0 Å². The van der Waals surface area contributed by atoms with Crippen LogP contribution in [-0.2, 0) is 6.42 Å². The van der Waals surface area contributed by atoms with Crippen LogP contribution in [0.15, 0.2) is 66.7 Å². The van der Waals surface area contributed by atoms with Crippen LogP contribution < -0.4 is 10.1 Å². The Labute approximate surface area is 208 Å². The lowest BCUT2D eigenvalue weighted by atomic mass is 9.79. The van der Waals surface area contributed by atoms with E-state index in [1.165, 1.54) is 48.6 Å². The van der Waals surface area contributed by atoms with E-state index in [-0.39, 0.29) is 6.04 Å². The minimum Gasteiger partial charge on any atom is -0.410 e. The third kappa shape index (κ3) is 6.62. The number of rotatable bonds is 4. The second kappa shape index (κ2) is 12.0. The highest BCUT2D eigenvalue weighted by atomic mass is 35.5. The third-order valence-electron chi connectivity index (χ3n) is 6.48. The number of nitrogens with zero attached hydrogens (tertiary/aromatic N) is 1. The number of hydrogen-bond acceptors (Lipinski definition) is 3. The van der Waals surface area contributed by atoms with E-state index in [1.807, 2.05) is 38.4 Å². The molecule has 3 aromatic rings. The molecule has 1 amide bonds. The number of amides is 1. The van der Waals surface area contributed by atoms with Crippen LogP contribution in [0, 0.1) is 6.92 Å². The van der Waals surface area contributed by atoms with E-state index >= 15 is 0 Å². The molecule has 0 heterocycles. The van der Waals surface area contributed by atoms with Crippen LogP contribution in [0.25, 0.3) is 0 Å². The summed E-state index contributed by atoms with van der Waals surface area (Å²) in [5.74, 6) is 1.11. The second-order valence-corrected chi connectivity index (χ2v) is 9.41. The van der Waals surface area contributed by atoms with Gasteiger partial charge in [-0.15, -0.1) is 0 Å². The molecule has 0 bridgehead atoms. The van der Waals surface area contributed by atoms with Crippen LogP contribution in [0.4, 0.5) is 4.79 Å². The van der Waals surface area contributed by atoms with E-state index in [4.69, 9.17) is 16.3 Å². The van der Waals surface area contributed by atoms with E-state index in [0.717, 1.165) is 10.6 Å². The lowest BCUT2D eigenvalue weighted by Crippen LogP contribution is -2.22. The van der Waals surface area contributed by atoms with Crippen molar-refractivity contribution >= 4 is 17.7 Å². The van der Waals surface area contributed by atoms with Gasteiger partial charge >= 0.3 is 6.09 Å². The second-order valence-electron chi connectivity index (χ2n) is 9.00. The molecule has 3 aromatic carbocycles. The van der Waals surface area contributed by atoms with Gasteiger partial charge in [0.2, 0.25) is 0 Å². The molecule has 5 heteroatoms. The van der Waals surface area contributed by atoms with Crippen molar-refractivity contribution in [3.63, 3.8) is 0 Å². The summed E-state index contributed by atoms with van der Waals surface area (Å²) in [6.45, 7) is 4.18. The van der Waals surface area contributed by atoms with Crippen LogP contribution in [-0.4, -0.2) is 32.1 Å². The van der Waals surface area contributed by atoms with Gasteiger partial charge in [0.1, 0.15) is 5.75 Å². The average molecular weight is 479 g/mol. The van der Waals surface area contributed by atoms with E-state index in [1.54, 1.807) is 6.07 Å². The Balaban J connectivity index is 0.000000192. The molecule has 0 radical (unpaired) electrons. The van der Waals surface area contributed by atoms with Gasteiger partial charge in [0.05, 0.1) is 0 Å². The normalized spacial score (nSPS) is 15.6. The fourth-order valence-electron chi connectivity index (χ4n) is 4.28. The Morgan fingerprint density at radius 1 is 1.09 bits per heavy atom. The van der Waals surface area contributed by atoms with Crippen LogP contribution in [0.3, 0.4) is 0 Å². The van der Waals surface area contributed by atoms with E-state index in [2.05, 4.69) is 60.5 Å². The lowest BCUT2D eigenvalue weighted by Gasteiger charge is -2.26. The zero-order chi connectivity index (χ0) is 24.7. The summed E-state index contributed by atoms with van der Waals surface area (Å²) in [7, 11) is 5.56. The standard InChI is InChI=1S/C17H17Cl.C12H18N2O2/c1-12-11-14(9-10-17(12)18)16-8-4-6-13-5-2-3-7-15(13)16;1-9(14(3)4)10-6-5-7-11(8-10)16-12(15)13-2/h2-3,5,7,9-11,16H,4,6,8H2,1H3;5-9H,1-4H3,(H,13,15)/t16-;/m0./s1.